The van der Waals surface area contributed by atoms with Gasteiger partial charge < -0.3 is 15.5 Å². The van der Waals surface area contributed by atoms with Crippen LogP contribution in [0.25, 0.3) is 0 Å². The molecule has 0 fully saturated rings. The second-order valence-corrected chi connectivity index (χ2v) is 4.91. The third kappa shape index (κ3) is 3.47. The van der Waals surface area contributed by atoms with Gasteiger partial charge in [-0.15, -0.1) is 0 Å². The van der Waals surface area contributed by atoms with Crippen LogP contribution in [0.15, 0.2) is 34.9 Å². The van der Waals surface area contributed by atoms with E-state index in [9.17, 15) is 9.18 Å². The summed E-state index contributed by atoms with van der Waals surface area (Å²) in [4.78, 5) is 16.2. The topological polar surface area (TPSA) is 89.3 Å². The van der Waals surface area contributed by atoms with Gasteiger partial charge in [0.15, 0.2) is 5.82 Å². The van der Waals surface area contributed by atoms with Crippen molar-refractivity contribution in [2.24, 2.45) is 5.84 Å². The largest absolute Gasteiger partial charge is 0.497 e. The number of nitrogens with two attached hydrogens (primary N) is 1. The fourth-order valence-corrected chi connectivity index (χ4v) is 1.98. The van der Waals surface area contributed by atoms with E-state index in [1.54, 1.807) is 0 Å². The Labute approximate surface area is 128 Å². The van der Waals surface area contributed by atoms with Crippen LogP contribution in [-0.4, -0.2) is 18.0 Å². The van der Waals surface area contributed by atoms with E-state index < -0.39 is 11.7 Å². The average Bonchev–Trinajstić information content (AvgIpc) is 2.49. The zero-order valence-corrected chi connectivity index (χ0v) is 12.6. The van der Waals surface area contributed by atoms with Crippen LogP contribution in [0, 0.1) is 5.82 Å². The van der Waals surface area contributed by atoms with Crippen molar-refractivity contribution in [2.75, 3.05) is 17.9 Å². The van der Waals surface area contributed by atoms with Gasteiger partial charge in [-0.25, -0.2) is 15.2 Å². The molecule has 6 nitrogen and oxygen atoms in total. The van der Waals surface area contributed by atoms with Crippen LogP contribution in [0.1, 0.15) is 10.4 Å². The van der Waals surface area contributed by atoms with Crippen LogP contribution in [0.5, 0.6) is 5.75 Å². The Morgan fingerprint density at radius 3 is 2.86 bits per heavy atom. The van der Waals surface area contributed by atoms with Gasteiger partial charge >= 0.3 is 0 Å². The molecule has 2 rings (SSSR count). The standard InChI is InChI=1S/C13H12BrFN4O2/c1-21-8-2-3-10(15)11(5-8)18-13(20)9-4-7(14)6-17-12(9)19-16/h2-6H,16H2,1H3,(H,17,19)(H,18,20). The Hall–Kier alpha value is -2.19. The van der Waals surface area contributed by atoms with E-state index in [4.69, 9.17) is 10.6 Å². The predicted molar refractivity (Wildman–Crippen MR) is 80.7 cm³/mol. The van der Waals surface area contributed by atoms with Gasteiger partial charge in [-0.2, -0.15) is 0 Å². The average molecular weight is 355 g/mol. The minimum atomic E-state index is -0.575. The Morgan fingerprint density at radius 2 is 2.19 bits per heavy atom. The lowest BCUT2D eigenvalue weighted by Crippen LogP contribution is -2.19. The molecule has 0 bridgehead atoms. The number of amides is 1. The summed E-state index contributed by atoms with van der Waals surface area (Å²) in [6.07, 6.45) is 1.48. The van der Waals surface area contributed by atoms with Crippen LogP contribution in [0.3, 0.4) is 0 Å². The fraction of sp³-hybridized carbons (Fsp3) is 0.0769. The highest BCUT2D eigenvalue weighted by atomic mass is 79.9. The number of halogens is 2. The van der Waals surface area contributed by atoms with E-state index in [1.165, 1.54) is 37.6 Å². The third-order valence-electron chi connectivity index (χ3n) is 2.66. The summed E-state index contributed by atoms with van der Waals surface area (Å²) in [5.41, 5.74) is 2.49. The molecule has 1 aromatic carbocycles. The number of rotatable bonds is 4. The van der Waals surface area contributed by atoms with Crippen molar-refractivity contribution < 1.29 is 13.9 Å². The summed E-state index contributed by atoms with van der Waals surface area (Å²) in [6, 6.07) is 5.57. The number of benzene rings is 1. The van der Waals surface area contributed by atoms with Gasteiger partial charge in [0.2, 0.25) is 0 Å². The first-order valence-corrected chi connectivity index (χ1v) is 6.61. The van der Waals surface area contributed by atoms with E-state index in [0.29, 0.717) is 10.2 Å². The molecule has 0 saturated carbocycles. The molecular weight excluding hydrogens is 343 g/mol. The molecule has 0 aliphatic carbocycles. The molecule has 2 aromatic rings. The number of nitrogens with one attached hydrogen (secondary N) is 2. The molecule has 0 radical (unpaired) electrons. The van der Waals surface area contributed by atoms with Gasteiger partial charge in [-0.3, -0.25) is 4.79 Å². The van der Waals surface area contributed by atoms with E-state index in [2.05, 4.69) is 31.7 Å². The van der Waals surface area contributed by atoms with Crippen LogP contribution in [-0.2, 0) is 0 Å². The van der Waals surface area contributed by atoms with Crippen LogP contribution < -0.4 is 21.3 Å². The van der Waals surface area contributed by atoms with Crippen molar-refractivity contribution in [3.63, 3.8) is 0 Å². The molecule has 0 unspecified atom stereocenters. The number of hydrogen-bond donors (Lipinski definition) is 3. The number of pyridine rings is 1. The summed E-state index contributed by atoms with van der Waals surface area (Å²) in [5, 5.41) is 2.45. The normalized spacial score (nSPS) is 10.1. The lowest BCUT2D eigenvalue weighted by molar-refractivity contribution is 0.102. The lowest BCUT2D eigenvalue weighted by Gasteiger charge is -2.11. The van der Waals surface area contributed by atoms with Gasteiger partial charge in [0, 0.05) is 16.7 Å². The SMILES string of the molecule is COc1ccc(F)c(NC(=O)c2cc(Br)cnc2NN)c1. The van der Waals surface area contributed by atoms with Crippen molar-refractivity contribution in [3.05, 3.63) is 46.3 Å². The molecule has 0 atom stereocenters. The fourth-order valence-electron chi connectivity index (χ4n) is 1.64. The van der Waals surface area contributed by atoms with Crippen molar-refractivity contribution in [3.8, 4) is 5.75 Å². The molecule has 0 spiro atoms. The van der Waals surface area contributed by atoms with Gasteiger partial charge in [0.05, 0.1) is 18.4 Å². The van der Waals surface area contributed by atoms with E-state index in [0.717, 1.165) is 0 Å². The Kier molecular flexibility index (Phi) is 4.71. The number of hydrogen-bond acceptors (Lipinski definition) is 5. The maximum absolute atomic E-state index is 13.7. The van der Waals surface area contributed by atoms with Crippen molar-refractivity contribution in [1.29, 1.82) is 0 Å². The molecule has 4 N–H and O–H groups in total. The molecule has 0 aliphatic rings. The highest BCUT2D eigenvalue weighted by Crippen LogP contribution is 2.23. The smallest absolute Gasteiger partial charge is 0.259 e. The summed E-state index contributed by atoms with van der Waals surface area (Å²) in [7, 11) is 1.45. The first-order chi connectivity index (χ1) is 10.0. The summed E-state index contributed by atoms with van der Waals surface area (Å²) in [6.45, 7) is 0. The van der Waals surface area contributed by atoms with Crippen LogP contribution in [0.4, 0.5) is 15.9 Å². The minimum Gasteiger partial charge on any atom is -0.497 e. The number of hydrazine groups is 1. The molecule has 110 valence electrons. The number of nitrogen functional groups attached to an aromatic ring is 1. The van der Waals surface area contributed by atoms with Crippen molar-refractivity contribution in [1.82, 2.24) is 4.98 Å². The Morgan fingerprint density at radius 1 is 1.43 bits per heavy atom. The molecule has 0 saturated heterocycles. The number of carbonyl (C=O) groups excluding carboxylic acids is 1. The number of carbonyl (C=O) groups is 1. The second kappa shape index (κ2) is 6.51. The number of nitrogens with zero attached hydrogens (tertiary/aromatic N) is 1. The van der Waals surface area contributed by atoms with Gasteiger partial charge in [-0.1, -0.05) is 0 Å². The molecule has 1 heterocycles. The van der Waals surface area contributed by atoms with Crippen molar-refractivity contribution in [2.45, 2.75) is 0 Å². The van der Waals surface area contributed by atoms with Crippen molar-refractivity contribution >= 4 is 33.3 Å². The maximum Gasteiger partial charge on any atom is 0.259 e. The predicted octanol–water partition coefficient (Wildman–Crippen LogP) is 2.53. The van der Waals surface area contributed by atoms with E-state index in [-0.39, 0.29) is 17.1 Å². The van der Waals surface area contributed by atoms with Gasteiger partial charge in [-0.05, 0) is 34.1 Å². The zero-order valence-electron chi connectivity index (χ0n) is 11.0. The monoisotopic (exact) mass is 354 g/mol. The summed E-state index contributed by atoms with van der Waals surface area (Å²) >= 11 is 3.21. The van der Waals surface area contributed by atoms with Gasteiger partial charge in [0.1, 0.15) is 11.6 Å². The van der Waals surface area contributed by atoms with Crippen LogP contribution in [0.2, 0.25) is 0 Å². The summed E-state index contributed by atoms with van der Waals surface area (Å²) in [5.74, 6) is 4.79. The highest BCUT2D eigenvalue weighted by Gasteiger charge is 2.15. The summed E-state index contributed by atoms with van der Waals surface area (Å²) < 4.78 is 19.3. The van der Waals surface area contributed by atoms with Crippen LogP contribution >= 0.6 is 15.9 Å². The number of anilines is 2. The Balaban J connectivity index is 2.32. The molecular formula is C13H12BrFN4O2. The molecule has 1 amide bonds. The highest BCUT2D eigenvalue weighted by molar-refractivity contribution is 9.10. The Bertz CT molecular complexity index is 681. The third-order valence-corrected chi connectivity index (χ3v) is 3.09. The quantitative estimate of drug-likeness (QED) is 0.579. The lowest BCUT2D eigenvalue weighted by atomic mass is 10.2. The number of methoxy groups -OCH3 is 1. The van der Waals surface area contributed by atoms with E-state index in [1.807, 2.05) is 0 Å². The minimum absolute atomic E-state index is 0.00213. The zero-order chi connectivity index (χ0) is 15.4. The van der Waals surface area contributed by atoms with Gasteiger partial charge in [0.25, 0.3) is 5.91 Å². The number of aromatic nitrogens is 1. The van der Waals surface area contributed by atoms with E-state index >= 15 is 0 Å². The maximum atomic E-state index is 13.7. The first-order valence-electron chi connectivity index (χ1n) is 5.82. The second-order valence-electron chi connectivity index (χ2n) is 3.99. The molecule has 1 aromatic heterocycles. The molecule has 21 heavy (non-hydrogen) atoms. The number of ether oxygens (including phenoxy) is 1. The first kappa shape index (κ1) is 15.2. The molecule has 0 aliphatic heterocycles. The molecule has 8 heteroatoms.